The molecule has 8 nitrogen and oxygen atoms in total. The third kappa shape index (κ3) is 3.65. The second kappa shape index (κ2) is 9.17. The van der Waals surface area contributed by atoms with E-state index >= 15 is 0 Å². The quantitative estimate of drug-likeness (QED) is 0.389. The van der Waals surface area contributed by atoms with Crippen LogP contribution in [0, 0.1) is 11.8 Å². The summed E-state index contributed by atoms with van der Waals surface area (Å²) in [5.41, 5.74) is -0.622. The molecule has 2 saturated heterocycles. The number of nitrogens with zero attached hydrogens (tertiary/aromatic N) is 2. The minimum Gasteiger partial charge on any atom is -0.465 e. The molecule has 1 N–H and O–H groups in total. The Morgan fingerprint density at radius 1 is 1.09 bits per heavy atom. The highest BCUT2D eigenvalue weighted by Gasteiger charge is 2.71. The molecule has 4 heterocycles. The van der Waals surface area contributed by atoms with Gasteiger partial charge in [-0.25, -0.2) is 0 Å². The first-order chi connectivity index (χ1) is 16.5. The Balaban J connectivity index is 1.58. The molecule has 5 rings (SSSR count). The first-order valence-corrected chi connectivity index (χ1v) is 12.0. The molecule has 1 unspecified atom stereocenters. The average molecular weight is 487 g/mol. The molecule has 0 aliphatic carbocycles. The van der Waals surface area contributed by atoms with Gasteiger partial charge < -0.3 is 24.4 Å². The van der Waals surface area contributed by atoms with Crippen molar-refractivity contribution in [1.82, 2.24) is 4.90 Å². The molecule has 2 fully saturated rings. The Bertz CT molecular complexity index is 1040. The summed E-state index contributed by atoms with van der Waals surface area (Å²) in [5, 5.41) is 9.82. The number of hydrogen-bond donors (Lipinski definition) is 1. The van der Waals surface area contributed by atoms with Gasteiger partial charge in [0.25, 0.3) is 5.91 Å². The molecule has 0 bridgehead atoms. The van der Waals surface area contributed by atoms with Gasteiger partial charge >= 0.3 is 5.97 Å². The normalized spacial score (nSPS) is 32.6. The SMILES string of the molecule is O=C1OCCC=C[C@@H]2O[C@]34C=CCN(c5ccc(Cl)cc5)C(=O)C3N(CCCCO)C(=O)[C@@H]4[C@H]12. The van der Waals surface area contributed by atoms with Crippen molar-refractivity contribution in [2.45, 2.75) is 37.0 Å². The highest BCUT2D eigenvalue weighted by molar-refractivity contribution is 6.30. The number of aliphatic hydroxyl groups excluding tert-OH is 1. The van der Waals surface area contributed by atoms with E-state index < -0.39 is 35.6 Å². The average Bonchev–Trinajstić information content (AvgIpc) is 3.18. The van der Waals surface area contributed by atoms with Crippen molar-refractivity contribution in [1.29, 1.82) is 0 Å². The van der Waals surface area contributed by atoms with E-state index in [0.29, 0.717) is 36.5 Å². The lowest BCUT2D eigenvalue weighted by atomic mass is 9.77. The Hall–Kier alpha value is -2.68. The summed E-state index contributed by atoms with van der Waals surface area (Å²) in [6.45, 7) is 0.810. The van der Waals surface area contributed by atoms with Crippen LogP contribution in [0.25, 0.3) is 0 Å². The lowest BCUT2D eigenvalue weighted by Crippen LogP contribution is -2.55. The van der Waals surface area contributed by atoms with Gasteiger partial charge in [0, 0.05) is 30.4 Å². The number of fused-ring (bicyclic) bond motifs is 2. The van der Waals surface area contributed by atoms with Gasteiger partial charge in [-0.3, -0.25) is 14.4 Å². The number of rotatable bonds is 5. The number of anilines is 1. The summed E-state index contributed by atoms with van der Waals surface area (Å²) < 4.78 is 11.9. The molecule has 0 aromatic heterocycles. The van der Waals surface area contributed by atoms with Crippen molar-refractivity contribution >= 4 is 35.1 Å². The fourth-order valence-corrected chi connectivity index (χ4v) is 5.72. The molecule has 180 valence electrons. The van der Waals surface area contributed by atoms with Crippen molar-refractivity contribution in [3.05, 3.63) is 53.6 Å². The zero-order chi connectivity index (χ0) is 23.9. The predicted octanol–water partition coefficient (Wildman–Crippen LogP) is 2.10. The van der Waals surface area contributed by atoms with E-state index in [1.54, 1.807) is 35.2 Å². The van der Waals surface area contributed by atoms with Gasteiger partial charge in [-0.15, -0.1) is 0 Å². The lowest BCUT2D eigenvalue weighted by molar-refractivity contribution is -0.154. The zero-order valence-corrected chi connectivity index (χ0v) is 19.4. The van der Waals surface area contributed by atoms with Crippen molar-refractivity contribution < 1.29 is 29.0 Å². The van der Waals surface area contributed by atoms with Crippen LogP contribution in [0.3, 0.4) is 0 Å². The van der Waals surface area contributed by atoms with Gasteiger partial charge in [0.2, 0.25) is 5.91 Å². The molecule has 2 amide bonds. The number of aliphatic hydroxyl groups is 1. The largest absolute Gasteiger partial charge is 0.465 e. The Morgan fingerprint density at radius 3 is 2.65 bits per heavy atom. The molecule has 9 heteroatoms. The number of carbonyl (C=O) groups excluding carboxylic acids is 3. The Kier molecular flexibility index (Phi) is 6.22. The third-order valence-electron chi connectivity index (χ3n) is 7.07. The summed E-state index contributed by atoms with van der Waals surface area (Å²) in [6, 6.07) is 6.02. The van der Waals surface area contributed by atoms with Gasteiger partial charge in [0.15, 0.2) is 0 Å². The van der Waals surface area contributed by atoms with Gasteiger partial charge in [-0.05, 0) is 43.5 Å². The number of carbonyl (C=O) groups is 3. The van der Waals surface area contributed by atoms with Crippen molar-refractivity contribution in [3.63, 3.8) is 0 Å². The first kappa shape index (κ1) is 23.1. The molecule has 4 aliphatic heterocycles. The lowest BCUT2D eigenvalue weighted by Gasteiger charge is -2.35. The molecular weight excluding hydrogens is 460 g/mol. The number of amides is 2. The van der Waals surface area contributed by atoms with Crippen molar-refractivity contribution in [3.8, 4) is 0 Å². The van der Waals surface area contributed by atoms with Gasteiger partial charge in [0.05, 0.1) is 18.6 Å². The highest BCUT2D eigenvalue weighted by Crippen LogP contribution is 2.53. The van der Waals surface area contributed by atoms with Crippen LogP contribution in [-0.2, 0) is 23.9 Å². The van der Waals surface area contributed by atoms with Crippen molar-refractivity contribution in [2.75, 3.05) is 31.2 Å². The number of ether oxygens (including phenoxy) is 2. The van der Waals surface area contributed by atoms with Crippen LogP contribution in [0.5, 0.6) is 0 Å². The fourth-order valence-electron chi connectivity index (χ4n) is 5.59. The number of benzene rings is 1. The monoisotopic (exact) mass is 486 g/mol. The van der Waals surface area contributed by atoms with E-state index in [0.717, 1.165) is 0 Å². The van der Waals surface area contributed by atoms with E-state index in [9.17, 15) is 19.5 Å². The van der Waals surface area contributed by atoms with Crippen LogP contribution in [0.15, 0.2) is 48.6 Å². The molecule has 0 radical (unpaired) electrons. The molecule has 34 heavy (non-hydrogen) atoms. The van der Waals surface area contributed by atoms with Crippen LogP contribution in [0.1, 0.15) is 19.3 Å². The predicted molar refractivity (Wildman–Crippen MR) is 124 cm³/mol. The summed E-state index contributed by atoms with van der Waals surface area (Å²) >= 11 is 6.04. The molecule has 1 aromatic rings. The topological polar surface area (TPSA) is 96.4 Å². The molecule has 1 aromatic carbocycles. The van der Waals surface area contributed by atoms with Crippen LogP contribution in [-0.4, -0.2) is 71.8 Å². The fraction of sp³-hybridized carbons (Fsp3) is 0.480. The number of cyclic esters (lactones) is 1. The first-order valence-electron chi connectivity index (χ1n) is 11.6. The molecule has 5 atom stereocenters. The summed E-state index contributed by atoms with van der Waals surface area (Å²) in [4.78, 5) is 44.0. The minimum absolute atomic E-state index is 0.00959. The maximum absolute atomic E-state index is 14.1. The van der Waals surface area contributed by atoms with Crippen LogP contribution < -0.4 is 4.90 Å². The minimum atomic E-state index is -1.28. The number of halogens is 1. The number of esters is 1. The molecule has 4 aliphatic rings. The van der Waals surface area contributed by atoms with Gasteiger partial charge in [0.1, 0.15) is 17.6 Å². The third-order valence-corrected chi connectivity index (χ3v) is 7.32. The molecule has 1 spiro atoms. The van der Waals surface area contributed by atoms with Gasteiger partial charge in [-0.1, -0.05) is 35.9 Å². The van der Waals surface area contributed by atoms with Crippen LogP contribution in [0.4, 0.5) is 5.69 Å². The second-order valence-corrected chi connectivity index (χ2v) is 9.45. The van der Waals surface area contributed by atoms with Crippen LogP contribution >= 0.6 is 11.6 Å². The number of likely N-dealkylation sites (tertiary alicyclic amines) is 1. The summed E-state index contributed by atoms with van der Waals surface area (Å²) in [6.07, 6.45) is 8.28. The second-order valence-electron chi connectivity index (χ2n) is 9.02. The Labute approximate surface area is 202 Å². The maximum Gasteiger partial charge on any atom is 0.312 e. The summed E-state index contributed by atoms with van der Waals surface area (Å²) in [7, 11) is 0. The highest BCUT2D eigenvalue weighted by atomic mass is 35.5. The Morgan fingerprint density at radius 2 is 1.88 bits per heavy atom. The van der Waals surface area contributed by atoms with Crippen LogP contribution in [0.2, 0.25) is 5.02 Å². The molecular formula is C25H27ClN2O6. The van der Waals surface area contributed by atoms with E-state index in [4.69, 9.17) is 21.1 Å². The standard InChI is InChI=1S/C25H27ClN2O6/c26-16-7-9-17(10-8-16)27-13-5-11-25-20(19-18(34-25)6-1-4-15-33-24(19)32)22(30)28(12-2-3-14-29)21(25)23(27)31/h1,5-11,18-21,29H,2-4,12-15H2/t18-,19+,20-,21?,25-/m0/s1. The number of hydrogen-bond acceptors (Lipinski definition) is 6. The van der Waals surface area contributed by atoms with E-state index in [-0.39, 0.29) is 31.6 Å². The van der Waals surface area contributed by atoms with E-state index in [1.807, 2.05) is 18.2 Å². The maximum atomic E-state index is 14.1. The molecule has 0 saturated carbocycles. The van der Waals surface area contributed by atoms with E-state index in [1.165, 1.54) is 4.90 Å². The summed E-state index contributed by atoms with van der Waals surface area (Å²) in [5.74, 6) is -2.73. The van der Waals surface area contributed by atoms with Gasteiger partial charge in [-0.2, -0.15) is 0 Å². The smallest absolute Gasteiger partial charge is 0.312 e. The number of unbranched alkanes of at least 4 members (excludes halogenated alkanes) is 1. The zero-order valence-electron chi connectivity index (χ0n) is 18.6. The van der Waals surface area contributed by atoms with Crippen molar-refractivity contribution in [2.24, 2.45) is 11.8 Å². The van der Waals surface area contributed by atoms with E-state index in [2.05, 4.69) is 0 Å².